The highest BCUT2D eigenvalue weighted by atomic mass is 16.5. The van der Waals surface area contributed by atoms with Gasteiger partial charge in [0.1, 0.15) is 5.76 Å². The summed E-state index contributed by atoms with van der Waals surface area (Å²) in [4.78, 5) is 10.5. The molecule has 0 amide bonds. The minimum atomic E-state index is -1.03. The van der Waals surface area contributed by atoms with E-state index in [-0.39, 0.29) is 5.69 Å². The van der Waals surface area contributed by atoms with E-state index in [0.717, 1.165) is 19.3 Å². The van der Waals surface area contributed by atoms with Gasteiger partial charge in [0, 0.05) is 12.5 Å². The van der Waals surface area contributed by atoms with Crippen LogP contribution in [-0.2, 0) is 6.42 Å². The molecule has 0 saturated carbocycles. The molecule has 78 valence electrons. The van der Waals surface area contributed by atoms with Crippen LogP contribution in [0.2, 0.25) is 0 Å². The lowest BCUT2D eigenvalue weighted by atomic mass is 10.1. The topological polar surface area (TPSA) is 63.3 Å². The van der Waals surface area contributed by atoms with Crippen molar-refractivity contribution in [2.24, 2.45) is 0 Å². The summed E-state index contributed by atoms with van der Waals surface area (Å²) in [5.41, 5.74) is -0.00417. The zero-order valence-corrected chi connectivity index (χ0v) is 8.32. The summed E-state index contributed by atoms with van der Waals surface area (Å²) in [6, 6.07) is 1.49. The zero-order valence-electron chi connectivity index (χ0n) is 8.32. The Balaban J connectivity index is 2.33. The number of aryl methyl sites for hydroxylation is 1. The highest BCUT2D eigenvalue weighted by molar-refractivity contribution is 5.85. The molecule has 1 N–H and O–H groups in total. The van der Waals surface area contributed by atoms with E-state index in [2.05, 4.69) is 12.1 Å². The molecule has 0 bridgehead atoms. The number of carbonyl (C=O) groups is 1. The number of aromatic carboxylic acids is 1. The Bertz CT molecular complexity index is 293. The van der Waals surface area contributed by atoms with Crippen LogP contribution in [0.5, 0.6) is 0 Å². The smallest absolute Gasteiger partial charge is 0.358 e. The maximum absolute atomic E-state index is 10.5. The number of aromatic nitrogens is 1. The quantitative estimate of drug-likeness (QED) is 0.711. The molecular formula is C10H15NO3. The van der Waals surface area contributed by atoms with E-state index in [1.807, 2.05) is 0 Å². The molecule has 0 aromatic carbocycles. The number of rotatable bonds is 6. The Kier molecular flexibility index (Phi) is 4.16. The second-order valence-electron chi connectivity index (χ2n) is 3.29. The van der Waals surface area contributed by atoms with Crippen LogP contribution in [0.15, 0.2) is 10.6 Å². The van der Waals surface area contributed by atoms with Crippen LogP contribution in [0.4, 0.5) is 0 Å². The fourth-order valence-electron chi connectivity index (χ4n) is 1.26. The van der Waals surface area contributed by atoms with Gasteiger partial charge in [-0.1, -0.05) is 31.3 Å². The second kappa shape index (κ2) is 5.42. The van der Waals surface area contributed by atoms with Gasteiger partial charge in [-0.15, -0.1) is 0 Å². The third-order valence-corrected chi connectivity index (χ3v) is 2.05. The van der Waals surface area contributed by atoms with Gasteiger partial charge in [0.2, 0.25) is 0 Å². The summed E-state index contributed by atoms with van der Waals surface area (Å²) >= 11 is 0. The highest BCUT2D eigenvalue weighted by Crippen LogP contribution is 2.09. The van der Waals surface area contributed by atoms with Crippen molar-refractivity contribution < 1.29 is 14.4 Å². The number of hydrogen-bond acceptors (Lipinski definition) is 3. The normalized spacial score (nSPS) is 10.4. The van der Waals surface area contributed by atoms with Gasteiger partial charge in [-0.05, 0) is 6.42 Å². The lowest BCUT2D eigenvalue weighted by Gasteiger charge is -1.94. The average Bonchev–Trinajstić information content (AvgIpc) is 2.61. The number of carboxylic acids is 1. The fraction of sp³-hybridized carbons (Fsp3) is 0.600. The fourth-order valence-corrected chi connectivity index (χ4v) is 1.26. The molecule has 4 heteroatoms. The van der Waals surface area contributed by atoms with E-state index >= 15 is 0 Å². The Morgan fingerprint density at radius 3 is 2.86 bits per heavy atom. The molecule has 0 spiro atoms. The Morgan fingerprint density at radius 2 is 2.29 bits per heavy atom. The van der Waals surface area contributed by atoms with Crippen molar-refractivity contribution >= 4 is 5.97 Å². The number of hydrogen-bond donors (Lipinski definition) is 1. The Hall–Kier alpha value is -1.32. The van der Waals surface area contributed by atoms with Crippen molar-refractivity contribution in [3.63, 3.8) is 0 Å². The van der Waals surface area contributed by atoms with Crippen LogP contribution in [0.25, 0.3) is 0 Å². The molecule has 0 unspecified atom stereocenters. The van der Waals surface area contributed by atoms with E-state index < -0.39 is 5.97 Å². The lowest BCUT2D eigenvalue weighted by molar-refractivity contribution is 0.0685. The molecule has 0 radical (unpaired) electrons. The molecule has 0 aliphatic rings. The third kappa shape index (κ3) is 3.20. The maximum Gasteiger partial charge on any atom is 0.358 e. The summed E-state index contributed by atoms with van der Waals surface area (Å²) in [6.07, 6.45) is 5.36. The third-order valence-electron chi connectivity index (χ3n) is 2.05. The van der Waals surface area contributed by atoms with Gasteiger partial charge in [0.25, 0.3) is 0 Å². The van der Waals surface area contributed by atoms with Crippen molar-refractivity contribution in [3.05, 3.63) is 17.5 Å². The summed E-state index contributed by atoms with van der Waals surface area (Å²) in [7, 11) is 0. The zero-order chi connectivity index (χ0) is 10.4. The Morgan fingerprint density at radius 1 is 1.50 bits per heavy atom. The molecule has 1 aromatic heterocycles. The number of unbranched alkanes of at least 4 members (excludes halogenated alkanes) is 3. The molecule has 1 heterocycles. The first-order valence-electron chi connectivity index (χ1n) is 4.93. The molecule has 0 aliphatic carbocycles. The average molecular weight is 197 g/mol. The predicted octanol–water partition coefficient (Wildman–Crippen LogP) is 2.50. The SMILES string of the molecule is CCCCCCc1cc(C(=O)O)no1. The first-order valence-corrected chi connectivity index (χ1v) is 4.93. The van der Waals surface area contributed by atoms with E-state index in [0.29, 0.717) is 5.76 Å². The lowest BCUT2D eigenvalue weighted by Crippen LogP contribution is -1.94. The summed E-state index contributed by atoms with van der Waals surface area (Å²) in [6.45, 7) is 2.15. The van der Waals surface area contributed by atoms with Crippen molar-refractivity contribution in [3.8, 4) is 0 Å². The van der Waals surface area contributed by atoms with E-state index in [1.54, 1.807) is 0 Å². The summed E-state index contributed by atoms with van der Waals surface area (Å²) in [5.74, 6) is -0.368. The standard InChI is InChI=1S/C10H15NO3/c1-2-3-4-5-6-8-7-9(10(12)13)11-14-8/h7H,2-6H2,1H3,(H,12,13). The van der Waals surface area contributed by atoms with E-state index in [9.17, 15) is 4.79 Å². The summed E-state index contributed by atoms with van der Waals surface area (Å²) < 4.78 is 4.88. The molecule has 1 rings (SSSR count). The van der Waals surface area contributed by atoms with Crippen molar-refractivity contribution in [2.45, 2.75) is 39.0 Å². The number of carboxylic acid groups (broad SMARTS) is 1. The van der Waals surface area contributed by atoms with Gasteiger partial charge in [0.15, 0.2) is 5.69 Å². The Labute approximate surface area is 82.9 Å². The van der Waals surface area contributed by atoms with Crippen LogP contribution in [-0.4, -0.2) is 16.2 Å². The van der Waals surface area contributed by atoms with Gasteiger partial charge >= 0.3 is 5.97 Å². The van der Waals surface area contributed by atoms with Gasteiger partial charge in [-0.3, -0.25) is 0 Å². The first kappa shape index (κ1) is 10.8. The predicted molar refractivity (Wildman–Crippen MR) is 51.3 cm³/mol. The van der Waals surface area contributed by atoms with Crippen LogP contribution in [0, 0.1) is 0 Å². The molecule has 0 aliphatic heterocycles. The minimum absolute atomic E-state index is 0.00417. The molecule has 1 aromatic rings. The van der Waals surface area contributed by atoms with E-state index in [1.165, 1.54) is 18.9 Å². The molecular weight excluding hydrogens is 182 g/mol. The van der Waals surface area contributed by atoms with Crippen molar-refractivity contribution in [2.75, 3.05) is 0 Å². The summed E-state index contributed by atoms with van der Waals surface area (Å²) in [5, 5.41) is 12.0. The monoisotopic (exact) mass is 197 g/mol. The van der Waals surface area contributed by atoms with Gasteiger partial charge in [-0.25, -0.2) is 4.79 Å². The van der Waals surface area contributed by atoms with Crippen LogP contribution in [0.3, 0.4) is 0 Å². The van der Waals surface area contributed by atoms with Gasteiger partial charge in [0.05, 0.1) is 0 Å². The van der Waals surface area contributed by atoms with E-state index in [4.69, 9.17) is 9.63 Å². The molecule has 0 saturated heterocycles. The molecule has 0 fully saturated rings. The number of nitrogens with zero attached hydrogens (tertiary/aromatic N) is 1. The van der Waals surface area contributed by atoms with Crippen molar-refractivity contribution in [1.82, 2.24) is 5.16 Å². The second-order valence-corrected chi connectivity index (χ2v) is 3.29. The minimum Gasteiger partial charge on any atom is -0.476 e. The molecule has 4 nitrogen and oxygen atoms in total. The van der Waals surface area contributed by atoms with Gasteiger partial charge in [-0.2, -0.15) is 0 Å². The van der Waals surface area contributed by atoms with Crippen LogP contribution >= 0.6 is 0 Å². The molecule has 14 heavy (non-hydrogen) atoms. The van der Waals surface area contributed by atoms with Crippen molar-refractivity contribution in [1.29, 1.82) is 0 Å². The van der Waals surface area contributed by atoms with Gasteiger partial charge < -0.3 is 9.63 Å². The van der Waals surface area contributed by atoms with Crippen LogP contribution < -0.4 is 0 Å². The largest absolute Gasteiger partial charge is 0.476 e. The maximum atomic E-state index is 10.5. The first-order chi connectivity index (χ1) is 6.74. The highest BCUT2D eigenvalue weighted by Gasteiger charge is 2.09. The molecule has 0 atom stereocenters. The van der Waals surface area contributed by atoms with Crippen LogP contribution in [0.1, 0.15) is 48.9 Å².